The smallest absolute Gasteiger partial charge is 0.225 e. The zero-order valence-corrected chi connectivity index (χ0v) is 8.00. The van der Waals surface area contributed by atoms with Gasteiger partial charge in [-0.2, -0.15) is 0 Å². The van der Waals surface area contributed by atoms with Gasteiger partial charge >= 0.3 is 0 Å². The fourth-order valence-corrected chi connectivity index (χ4v) is 1.49. The molecule has 0 spiro atoms. The molecule has 0 radical (unpaired) electrons. The third-order valence-electron chi connectivity index (χ3n) is 1.94. The Morgan fingerprint density at radius 1 is 1.38 bits per heavy atom. The highest BCUT2D eigenvalue weighted by molar-refractivity contribution is 6.18. The second-order valence-electron chi connectivity index (χ2n) is 2.84. The number of benzene rings is 1. The molecule has 1 aromatic rings. The molecule has 1 amide bonds. The van der Waals surface area contributed by atoms with Crippen molar-refractivity contribution >= 4 is 17.5 Å². The van der Waals surface area contributed by atoms with Crippen LogP contribution in [0.5, 0.6) is 0 Å². The van der Waals surface area contributed by atoms with E-state index >= 15 is 0 Å². The first-order valence-electron chi connectivity index (χ1n) is 4.16. The van der Waals surface area contributed by atoms with Crippen LogP contribution in [0, 0.1) is 0 Å². The number of hydrogen-bond donors (Lipinski definition) is 1. The topological polar surface area (TPSA) is 43.1 Å². The monoisotopic (exact) mass is 197 g/mol. The predicted octanol–water partition coefficient (Wildman–Crippen LogP) is 1.88. The van der Waals surface area contributed by atoms with Gasteiger partial charge in [0.05, 0.1) is 5.92 Å². The lowest BCUT2D eigenvalue weighted by Gasteiger charge is -2.11. The minimum absolute atomic E-state index is 0.251. The molecule has 0 aliphatic rings. The molecular weight excluding hydrogens is 186 g/mol. The van der Waals surface area contributed by atoms with E-state index in [-0.39, 0.29) is 11.8 Å². The molecule has 0 saturated heterocycles. The quantitative estimate of drug-likeness (QED) is 0.736. The summed E-state index contributed by atoms with van der Waals surface area (Å²) >= 11 is 5.58. The fourth-order valence-electron chi connectivity index (χ4n) is 1.27. The predicted molar refractivity (Wildman–Crippen MR) is 53.7 cm³/mol. The van der Waals surface area contributed by atoms with Crippen LogP contribution in [-0.4, -0.2) is 11.8 Å². The number of carbonyl (C=O) groups excluding carboxylic acids is 1. The highest BCUT2D eigenvalue weighted by Gasteiger charge is 2.15. The lowest BCUT2D eigenvalue weighted by molar-refractivity contribution is -0.119. The van der Waals surface area contributed by atoms with Crippen LogP contribution in [0.1, 0.15) is 17.9 Å². The van der Waals surface area contributed by atoms with Crippen molar-refractivity contribution in [3.63, 3.8) is 0 Å². The summed E-state index contributed by atoms with van der Waals surface area (Å²) in [6, 6.07) is 9.46. The van der Waals surface area contributed by atoms with Crippen molar-refractivity contribution < 1.29 is 4.79 Å². The van der Waals surface area contributed by atoms with E-state index in [4.69, 9.17) is 17.3 Å². The van der Waals surface area contributed by atoms with Crippen LogP contribution in [0.4, 0.5) is 0 Å². The first-order chi connectivity index (χ1) is 6.25. The number of primary amides is 1. The van der Waals surface area contributed by atoms with E-state index in [1.165, 1.54) is 0 Å². The Hall–Kier alpha value is -1.02. The van der Waals surface area contributed by atoms with E-state index in [0.717, 1.165) is 5.56 Å². The molecule has 0 bridgehead atoms. The van der Waals surface area contributed by atoms with E-state index in [0.29, 0.717) is 12.3 Å². The summed E-state index contributed by atoms with van der Waals surface area (Å²) in [5.41, 5.74) is 6.20. The zero-order chi connectivity index (χ0) is 9.68. The summed E-state index contributed by atoms with van der Waals surface area (Å²) in [7, 11) is 0. The Labute approximate surface area is 82.7 Å². The zero-order valence-electron chi connectivity index (χ0n) is 7.24. The molecule has 1 unspecified atom stereocenters. The second-order valence-corrected chi connectivity index (χ2v) is 3.22. The molecule has 1 aromatic carbocycles. The summed E-state index contributed by atoms with van der Waals surface area (Å²) in [6.07, 6.45) is 0.598. The molecule has 0 aliphatic heterocycles. The average molecular weight is 198 g/mol. The molecule has 0 heterocycles. The van der Waals surface area contributed by atoms with Crippen molar-refractivity contribution in [1.29, 1.82) is 0 Å². The maximum absolute atomic E-state index is 11.1. The number of alkyl halides is 1. The van der Waals surface area contributed by atoms with Gasteiger partial charge in [0.1, 0.15) is 0 Å². The van der Waals surface area contributed by atoms with Crippen molar-refractivity contribution in [2.45, 2.75) is 12.3 Å². The Morgan fingerprint density at radius 2 is 2.00 bits per heavy atom. The summed E-state index contributed by atoms with van der Waals surface area (Å²) in [4.78, 5) is 11.1. The van der Waals surface area contributed by atoms with E-state index in [9.17, 15) is 4.79 Å². The first kappa shape index (κ1) is 10.1. The van der Waals surface area contributed by atoms with Gasteiger partial charge in [-0.05, 0) is 12.0 Å². The largest absolute Gasteiger partial charge is 0.369 e. The van der Waals surface area contributed by atoms with Gasteiger partial charge in [-0.15, -0.1) is 11.6 Å². The average Bonchev–Trinajstić information content (AvgIpc) is 2.15. The van der Waals surface area contributed by atoms with E-state index in [1.54, 1.807) is 0 Å². The number of amides is 1. The molecule has 13 heavy (non-hydrogen) atoms. The number of rotatable bonds is 4. The normalized spacial score (nSPS) is 12.4. The van der Waals surface area contributed by atoms with Crippen molar-refractivity contribution in [3.05, 3.63) is 35.9 Å². The Kier molecular flexibility index (Phi) is 3.77. The van der Waals surface area contributed by atoms with Crippen LogP contribution >= 0.6 is 11.6 Å². The van der Waals surface area contributed by atoms with E-state index in [2.05, 4.69) is 0 Å². The molecule has 0 aliphatic carbocycles. The molecule has 3 heteroatoms. The van der Waals surface area contributed by atoms with Crippen LogP contribution in [0.2, 0.25) is 0 Å². The van der Waals surface area contributed by atoms with Gasteiger partial charge in [-0.1, -0.05) is 30.3 Å². The van der Waals surface area contributed by atoms with Crippen LogP contribution in [-0.2, 0) is 4.79 Å². The second kappa shape index (κ2) is 4.87. The lowest BCUT2D eigenvalue weighted by atomic mass is 9.96. The van der Waals surface area contributed by atoms with Gasteiger partial charge in [0.2, 0.25) is 5.91 Å². The molecule has 2 N–H and O–H groups in total. The maximum atomic E-state index is 11.1. The molecular formula is C10H12ClNO. The Bertz CT molecular complexity index is 274. The lowest BCUT2D eigenvalue weighted by Crippen LogP contribution is -2.21. The van der Waals surface area contributed by atoms with E-state index < -0.39 is 0 Å². The molecule has 1 atom stereocenters. The number of nitrogens with two attached hydrogens (primary N) is 1. The standard InChI is InChI=1S/C10H12ClNO/c11-7-6-9(10(12)13)8-4-2-1-3-5-8/h1-5,9H,6-7H2,(H2,12,13). The highest BCUT2D eigenvalue weighted by Crippen LogP contribution is 2.19. The minimum atomic E-state index is -0.313. The van der Waals surface area contributed by atoms with Crippen LogP contribution < -0.4 is 5.73 Å². The van der Waals surface area contributed by atoms with Crippen LogP contribution in [0.15, 0.2) is 30.3 Å². The number of hydrogen-bond acceptors (Lipinski definition) is 1. The molecule has 0 saturated carbocycles. The van der Waals surface area contributed by atoms with Gasteiger partial charge in [-0.3, -0.25) is 4.79 Å². The van der Waals surface area contributed by atoms with Crippen molar-refractivity contribution in [2.75, 3.05) is 5.88 Å². The Morgan fingerprint density at radius 3 is 2.46 bits per heavy atom. The van der Waals surface area contributed by atoms with Gasteiger partial charge in [0, 0.05) is 5.88 Å². The van der Waals surface area contributed by atoms with Gasteiger partial charge in [-0.25, -0.2) is 0 Å². The number of carbonyl (C=O) groups is 1. The summed E-state index contributed by atoms with van der Waals surface area (Å²) in [6.45, 7) is 0. The molecule has 0 aromatic heterocycles. The van der Waals surface area contributed by atoms with Gasteiger partial charge in [0.15, 0.2) is 0 Å². The number of halogens is 1. The van der Waals surface area contributed by atoms with Crippen LogP contribution in [0.25, 0.3) is 0 Å². The third kappa shape index (κ3) is 2.74. The summed E-state index contributed by atoms with van der Waals surface area (Å²) in [5.74, 6) is -0.117. The Balaban J connectivity index is 2.82. The van der Waals surface area contributed by atoms with Gasteiger partial charge < -0.3 is 5.73 Å². The molecule has 2 nitrogen and oxygen atoms in total. The van der Waals surface area contributed by atoms with Crippen LogP contribution in [0.3, 0.4) is 0 Å². The van der Waals surface area contributed by atoms with Crippen molar-refractivity contribution in [3.8, 4) is 0 Å². The SMILES string of the molecule is NC(=O)C(CCCl)c1ccccc1. The van der Waals surface area contributed by atoms with Crippen molar-refractivity contribution in [2.24, 2.45) is 5.73 Å². The fraction of sp³-hybridized carbons (Fsp3) is 0.300. The third-order valence-corrected chi connectivity index (χ3v) is 2.16. The summed E-state index contributed by atoms with van der Waals surface area (Å²) in [5, 5.41) is 0. The first-order valence-corrected chi connectivity index (χ1v) is 4.69. The molecule has 70 valence electrons. The molecule has 0 fully saturated rings. The minimum Gasteiger partial charge on any atom is -0.369 e. The maximum Gasteiger partial charge on any atom is 0.225 e. The van der Waals surface area contributed by atoms with Gasteiger partial charge in [0.25, 0.3) is 0 Å². The van der Waals surface area contributed by atoms with Crippen molar-refractivity contribution in [1.82, 2.24) is 0 Å². The summed E-state index contributed by atoms with van der Waals surface area (Å²) < 4.78 is 0. The highest BCUT2D eigenvalue weighted by atomic mass is 35.5. The molecule has 1 rings (SSSR count). The van der Waals surface area contributed by atoms with E-state index in [1.807, 2.05) is 30.3 Å².